The van der Waals surface area contributed by atoms with Crippen LogP contribution >= 0.6 is 0 Å². The average Bonchev–Trinajstić information content (AvgIpc) is 2.96. The Morgan fingerprint density at radius 2 is 1.94 bits per heavy atom. The molecule has 1 N–H and O–H groups in total. The van der Waals surface area contributed by atoms with Crippen molar-refractivity contribution in [2.75, 3.05) is 19.6 Å². The Labute approximate surface area is 118 Å². The van der Waals surface area contributed by atoms with Gasteiger partial charge in [-0.15, -0.1) is 0 Å². The van der Waals surface area contributed by atoms with Crippen LogP contribution in [0.2, 0.25) is 0 Å². The van der Waals surface area contributed by atoms with Crippen molar-refractivity contribution in [3.05, 3.63) is 35.9 Å². The van der Waals surface area contributed by atoms with Crippen molar-refractivity contribution >= 4 is 5.97 Å². The van der Waals surface area contributed by atoms with E-state index in [1.165, 1.54) is 9.99 Å². The number of piperidine rings is 1. The first-order valence-corrected chi connectivity index (χ1v) is 8.88. The molecule has 2 bridgehead atoms. The van der Waals surface area contributed by atoms with Gasteiger partial charge in [-0.2, -0.15) is 0 Å². The Morgan fingerprint density at radius 1 is 1.28 bits per heavy atom. The van der Waals surface area contributed by atoms with Gasteiger partial charge in [0.15, 0.2) is 0 Å². The molecule has 0 radical (unpaired) electrons. The van der Waals surface area contributed by atoms with Crippen LogP contribution in [0.25, 0.3) is 0 Å². The van der Waals surface area contributed by atoms with Crippen LogP contribution in [-0.4, -0.2) is 33.4 Å². The summed E-state index contributed by atoms with van der Waals surface area (Å²) in [6.45, 7) is 3.11. The van der Waals surface area contributed by atoms with Crippen molar-refractivity contribution in [3.63, 3.8) is 0 Å². The maximum absolute atomic E-state index is 11.4. The number of alkyl halides is 1. The normalized spacial score (nSPS) is 34.0. The number of aliphatic carboxylic acids is 1. The number of carboxylic acid groups (broad SMARTS) is 1. The van der Waals surface area contributed by atoms with Gasteiger partial charge >= 0.3 is 118 Å². The first-order chi connectivity index (χ1) is 8.64. The van der Waals surface area contributed by atoms with Crippen LogP contribution in [0.15, 0.2) is 30.3 Å². The minimum atomic E-state index is -0.552. The SMILES string of the molecule is O=C(O)C12CC[N+]([I-]Cc3ccccc3)(CC1)C2. The zero-order valence-corrected chi connectivity index (χ0v) is 12.5. The Hall–Kier alpha value is -0.620. The third-order valence-corrected chi connectivity index (χ3v) is 8.31. The van der Waals surface area contributed by atoms with E-state index in [0.717, 1.165) is 35.2 Å². The summed E-state index contributed by atoms with van der Waals surface area (Å²) >= 11 is 0.0138. The molecule has 2 saturated heterocycles. The molecule has 2 aliphatic heterocycles. The van der Waals surface area contributed by atoms with E-state index in [1.807, 2.05) is 0 Å². The molecule has 2 heterocycles. The van der Waals surface area contributed by atoms with Gasteiger partial charge in [-0.05, 0) is 0 Å². The van der Waals surface area contributed by atoms with E-state index < -0.39 is 5.97 Å². The van der Waals surface area contributed by atoms with Gasteiger partial charge in [0.05, 0.1) is 0 Å². The molecule has 18 heavy (non-hydrogen) atoms. The number of quaternary nitrogens is 1. The van der Waals surface area contributed by atoms with Crippen molar-refractivity contribution < 1.29 is 34.1 Å². The number of hydrogen-bond donors (Lipinski definition) is 1. The monoisotopic (exact) mass is 359 g/mol. The molecular formula is C14H18INO2. The summed E-state index contributed by atoms with van der Waals surface area (Å²) in [5.74, 6) is -0.552. The van der Waals surface area contributed by atoms with Crippen LogP contribution in [0.3, 0.4) is 0 Å². The fourth-order valence-electron chi connectivity index (χ4n) is 3.13. The maximum atomic E-state index is 11.4. The summed E-state index contributed by atoms with van der Waals surface area (Å²) in [5.41, 5.74) is 1.05. The molecule has 2 aliphatic rings. The molecule has 0 aliphatic carbocycles. The van der Waals surface area contributed by atoms with Gasteiger partial charge in [0, 0.05) is 0 Å². The van der Waals surface area contributed by atoms with Gasteiger partial charge in [-0.25, -0.2) is 0 Å². The molecule has 0 unspecified atom stereocenters. The quantitative estimate of drug-likeness (QED) is 0.421. The van der Waals surface area contributed by atoms with Gasteiger partial charge in [0.2, 0.25) is 0 Å². The van der Waals surface area contributed by atoms with Crippen LogP contribution in [0, 0.1) is 5.41 Å². The number of nitrogens with zero attached hydrogens (tertiary/aromatic N) is 1. The van der Waals surface area contributed by atoms with Crippen molar-refractivity contribution in [1.29, 1.82) is 0 Å². The van der Waals surface area contributed by atoms with Crippen LogP contribution in [0.4, 0.5) is 0 Å². The van der Waals surface area contributed by atoms with Gasteiger partial charge in [-0.1, -0.05) is 0 Å². The van der Waals surface area contributed by atoms with Crippen molar-refractivity contribution in [3.8, 4) is 0 Å². The number of hydrogen-bond acceptors (Lipinski definition) is 1. The molecule has 2 fully saturated rings. The molecule has 0 amide bonds. The second kappa shape index (κ2) is 4.49. The van der Waals surface area contributed by atoms with Crippen LogP contribution < -0.4 is 21.5 Å². The molecule has 1 aromatic rings. The standard InChI is InChI=1S/C14H18INO2/c17-13(18)14-6-8-16(11-14,9-7-14)15-10-12-4-2-1-3-5-12/h1-5H,6-11H2,(H,17,18). The van der Waals surface area contributed by atoms with Gasteiger partial charge < -0.3 is 0 Å². The topological polar surface area (TPSA) is 37.3 Å². The minimum absolute atomic E-state index is 0.0138. The predicted molar refractivity (Wildman–Crippen MR) is 64.3 cm³/mol. The van der Waals surface area contributed by atoms with Gasteiger partial charge in [0.1, 0.15) is 0 Å². The van der Waals surface area contributed by atoms with Gasteiger partial charge in [0.25, 0.3) is 0 Å². The van der Waals surface area contributed by atoms with E-state index in [4.69, 9.17) is 0 Å². The Morgan fingerprint density at radius 3 is 2.50 bits per heavy atom. The molecule has 0 aromatic heterocycles. The third-order valence-electron chi connectivity index (χ3n) is 4.33. The summed E-state index contributed by atoms with van der Waals surface area (Å²) in [6, 6.07) is 10.6. The molecule has 98 valence electrons. The van der Waals surface area contributed by atoms with E-state index in [0.29, 0.717) is 0 Å². The third kappa shape index (κ3) is 2.05. The van der Waals surface area contributed by atoms with Crippen molar-refractivity contribution in [2.24, 2.45) is 5.41 Å². The van der Waals surface area contributed by atoms with E-state index in [2.05, 4.69) is 30.3 Å². The molecule has 0 spiro atoms. The summed E-state index contributed by atoms with van der Waals surface area (Å²) in [7, 11) is 0. The summed E-state index contributed by atoms with van der Waals surface area (Å²) in [5, 5.41) is 9.39. The second-order valence-electron chi connectivity index (χ2n) is 5.46. The molecular weight excluding hydrogens is 341 g/mol. The fraction of sp³-hybridized carbons (Fsp3) is 0.500. The first-order valence-electron chi connectivity index (χ1n) is 6.39. The number of halogens is 1. The first kappa shape index (κ1) is 12.4. The average molecular weight is 359 g/mol. The van der Waals surface area contributed by atoms with Crippen LogP contribution in [0.5, 0.6) is 0 Å². The summed E-state index contributed by atoms with van der Waals surface area (Å²) < 4.78 is 2.31. The van der Waals surface area contributed by atoms with Crippen LogP contribution in [-0.2, 0) is 9.22 Å². The Bertz CT molecular complexity index is 452. The van der Waals surface area contributed by atoms with Gasteiger partial charge in [-0.3, -0.25) is 0 Å². The number of fused-ring (bicyclic) bond motifs is 2. The molecule has 3 nitrogen and oxygen atoms in total. The zero-order chi connectivity index (χ0) is 12.6. The fourth-order valence-corrected chi connectivity index (χ4v) is 6.82. The van der Waals surface area contributed by atoms with E-state index >= 15 is 0 Å². The summed E-state index contributed by atoms with van der Waals surface area (Å²) in [6.07, 6.45) is 1.80. The number of rotatable bonds is 4. The molecule has 4 heteroatoms. The van der Waals surface area contributed by atoms with Crippen molar-refractivity contribution in [1.82, 2.24) is 0 Å². The molecule has 1 aromatic carbocycles. The van der Waals surface area contributed by atoms with E-state index in [1.54, 1.807) is 0 Å². The number of carbonyl (C=O) groups is 1. The van der Waals surface area contributed by atoms with E-state index in [-0.39, 0.29) is 26.9 Å². The van der Waals surface area contributed by atoms with Crippen LogP contribution in [0.1, 0.15) is 18.4 Å². The Kier molecular flexibility index (Phi) is 3.10. The van der Waals surface area contributed by atoms with E-state index in [9.17, 15) is 9.90 Å². The van der Waals surface area contributed by atoms with Crippen molar-refractivity contribution in [2.45, 2.75) is 17.3 Å². The number of benzene rings is 1. The second-order valence-corrected chi connectivity index (χ2v) is 8.95. The molecule has 0 saturated carbocycles. The Balaban J connectivity index is 1.67. The summed E-state index contributed by atoms with van der Waals surface area (Å²) in [4.78, 5) is 11.4. The predicted octanol–water partition coefficient (Wildman–Crippen LogP) is -1.11. The number of carboxylic acids is 1. The molecule has 3 rings (SSSR count). The molecule has 0 atom stereocenters. The zero-order valence-electron chi connectivity index (χ0n) is 10.3.